The van der Waals surface area contributed by atoms with Crippen molar-refractivity contribution in [1.29, 1.82) is 0 Å². The van der Waals surface area contributed by atoms with Gasteiger partial charge in [-0.2, -0.15) is 0 Å². The fraction of sp³-hybridized carbons (Fsp3) is 0.417. The zero-order chi connectivity index (χ0) is 12.0. The molecule has 3 rings (SSSR count). The molecule has 1 aromatic rings. The van der Waals surface area contributed by atoms with Gasteiger partial charge < -0.3 is 10.6 Å². The van der Waals surface area contributed by atoms with Crippen LogP contribution in [-0.4, -0.2) is 25.0 Å². The van der Waals surface area contributed by atoms with Gasteiger partial charge >= 0.3 is 0 Å². The fourth-order valence-electron chi connectivity index (χ4n) is 2.50. The van der Waals surface area contributed by atoms with E-state index in [1.165, 1.54) is 0 Å². The van der Waals surface area contributed by atoms with Crippen LogP contribution in [0.25, 0.3) is 0 Å². The predicted molar refractivity (Wildman–Crippen MR) is 67.6 cm³/mol. The minimum Gasteiger partial charge on any atom is -0.349 e. The lowest BCUT2D eigenvalue weighted by Crippen LogP contribution is -2.32. The first-order valence-electron chi connectivity index (χ1n) is 5.63. The van der Waals surface area contributed by atoms with E-state index in [0.717, 1.165) is 13.1 Å². The summed E-state index contributed by atoms with van der Waals surface area (Å²) in [5.74, 6) is 1.16. The quantitative estimate of drug-likeness (QED) is 0.863. The Morgan fingerprint density at radius 1 is 1.24 bits per heavy atom. The van der Waals surface area contributed by atoms with E-state index in [1.807, 2.05) is 0 Å². The highest BCUT2D eigenvalue weighted by Crippen LogP contribution is 2.41. The molecule has 0 spiro atoms. The summed E-state index contributed by atoms with van der Waals surface area (Å²) in [6.45, 7) is 2.02. The van der Waals surface area contributed by atoms with Gasteiger partial charge in [0.25, 0.3) is 5.91 Å². The number of hydrogen-bond acceptors (Lipinski definition) is 2. The van der Waals surface area contributed by atoms with Gasteiger partial charge in [0.2, 0.25) is 0 Å². The van der Waals surface area contributed by atoms with Crippen LogP contribution in [0.15, 0.2) is 18.2 Å². The lowest BCUT2D eigenvalue weighted by Gasteiger charge is -2.08. The number of carbonyl (C=O) groups is 1. The lowest BCUT2D eigenvalue weighted by atomic mass is 10.2. The molecule has 1 saturated carbocycles. The van der Waals surface area contributed by atoms with Crippen LogP contribution >= 0.6 is 23.2 Å². The topological polar surface area (TPSA) is 41.1 Å². The predicted octanol–water partition coefficient (Wildman–Crippen LogP) is 1.94. The Morgan fingerprint density at radius 2 is 1.94 bits per heavy atom. The number of fused-ring (bicyclic) bond motifs is 1. The van der Waals surface area contributed by atoms with Crippen LogP contribution in [-0.2, 0) is 0 Å². The highest BCUT2D eigenvalue weighted by Gasteiger charge is 2.53. The van der Waals surface area contributed by atoms with Crippen molar-refractivity contribution in [2.45, 2.75) is 6.04 Å². The third-order valence-corrected chi connectivity index (χ3v) is 4.31. The summed E-state index contributed by atoms with van der Waals surface area (Å²) in [5.41, 5.74) is 0.567. The average Bonchev–Trinajstić information content (AvgIpc) is 2.76. The van der Waals surface area contributed by atoms with Crippen molar-refractivity contribution in [1.82, 2.24) is 10.6 Å². The molecule has 1 heterocycles. The molecule has 1 saturated heterocycles. The van der Waals surface area contributed by atoms with Gasteiger partial charge in [-0.25, -0.2) is 0 Å². The van der Waals surface area contributed by atoms with E-state index in [-0.39, 0.29) is 5.91 Å². The molecule has 0 bridgehead atoms. The summed E-state index contributed by atoms with van der Waals surface area (Å²) in [6, 6.07) is 5.28. The van der Waals surface area contributed by atoms with Gasteiger partial charge in [-0.3, -0.25) is 4.79 Å². The minimum atomic E-state index is -0.0667. The van der Waals surface area contributed by atoms with Crippen molar-refractivity contribution in [2.24, 2.45) is 11.8 Å². The maximum atomic E-state index is 12.0. The van der Waals surface area contributed by atoms with Crippen molar-refractivity contribution in [2.75, 3.05) is 13.1 Å². The number of halogens is 2. The smallest absolute Gasteiger partial charge is 0.251 e. The summed E-state index contributed by atoms with van der Waals surface area (Å²) >= 11 is 11.7. The van der Waals surface area contributed by atoms with Gasteiger partial charge in [-0.15, -0.1) is 0 Å². The molecule has 1 amide bonds. The molecule has 0 aromatic heterocycles. The Hall–Kier alpha value is -0.770. The van der Waals surface area contributed by atoms with Crippen LogP contribution in [0.3, 0.4) is 0 Å². The Morgan fingerprint density at radius 3 is 2.59 bits per heavy atom. The average molecular weight is 271 g/mol. The minimum absolute atomic E-state index is 0.0667. The molecule has 2 unspecified atom stereocenters. The Labute approximate surface area is 109 Å². The van der Waals surface area contributed by atoms with E-state index >= 15 is 0 Å². The second kappa shape index (κ2) is 4.16. The Balaban J connectivity index is 1.68. The van der Waals surface area contributed by atoms with E-state index in [1.54, 1.807) is 18.2 Å². The lowest BCUT2D eigenvalue weighted by molar-refractivity contribution is 0.0946. The first-order valence-corrected chi connectivity index (χ1v) is 6.39. The summed E-state index contributed by atoms with van der Waals surface area (Å²) in [6.07, 6.45) is 0. The zero-order valence-corrected chi connectivity index (χ0v) is 10.6. The summed E-state index contributed by atoms with van der Waals surface area (Å²) in [7, 11) is 0. The first-order chi connectivity index (χ1) is 8.16. The molecule has 2 N–H and O–H groups in total. The Kier molecular flexibility index (Phi) is 2.77. The maximum absolute atomic E-state index is 12.0. The fourth-order valence-corrected chi connectivity index (χ4v) is 2.80. The van der Waals surface area contributed by atoms with E-state index in [0.29, 0.717) is 33.5 Å². The van der Waals surface area contributed by atoms with Gasteiger partial charge in [0.05, 0.1) is 10.0 Å². The van der Waals surface area contributed by atoms with Gasteiger partial charge in [0.15, 0.2) is 0 Å². The molecule has 90 valence electrons. The number of hydrogen-bond donors (Lipinski definition) is 2. The third kappa shape index (κ3) is 2.03. The number of piperidine rings is 1. The largest absolute Gasteiger partial charge is 0.349 e. The van der Waals surface area contributed by atoms with Crippen molar-refractivity contribution in [3.63, 3.8) is 0 Å². The molecule has 1 aliphatic carbocycles. The van der Waals surface area contributed by atoms with Crippen LogP contribution in [0.2, 0.25) is 10.0 Å². The number of carbonyl (C=O) groups excluding carboxylic acids is 1. The van der Waals surface area contributed by atoms with Gasteiger partial charge in [-0.05, 0) is 30.0 Å². The van der Waals surface area contributed by atoms with Crippen molar-refractivity contribution >= 4 is 29.1 Å². The molecule has 17 heavy (non-hydrogen) atoms. The monoisotopic (exact) mass is 270 g/mol. The molecule has 5 heteroatoms. The van der Waals surface area contributed by atoms with E-state index in [2.05, 4.69) is 10.6 Å². The van der Waals surface area contributed by atoms with Crippen molar-refractivity contribution in [3.05, 3.63) is 33.8 Å². The second-order valence-corrected chi connectivity index (χ2v) is 5.43. The Bertz CT molecular complexity index is 468. The van der Waals surface area contributed by atoms with Crippen LogP contribution in [0.5, 0.6) is 0 Å². The number of amides is 1. The van der Waals surface area contributed by atoms with E-state index in [9.17, 15) is 4.79 Å². The highest BCUT2D eigenvalue weighted by molar-refractivity contribution is 6.42. The van der Waals surface area contributed by atoms with Crippen molar-refractivity contribution < 1.29 is 4.79 Å². The highest BCUT2D eigenvalue weighted by atomic mass is 35.5. The normalized spacial score (nSPS) is 29.9. The van der Waals surface area contributed by atoms with Gasteiger partial charge in [0.1, 0.15) is 0 Å². The number of rotatable bonds is 2. The number of benzene rings is 1. The standard InChI is InChI=1S/C12H12Cl2N2O/c13-9-2-1-6(3-10(9)14)12(17)16-11-7-4-15-5-8(7)11/h1-3,7-8,11,15H,4-5H2,(H,16,17). The summed E-state index contributed by atoms with van der Waals surface area (Å²) < 4.78 is 0. The molecule has 2 aliphatic rings. The molecule has 3 nitrogen and oxygen atoms in total. The molecule has 1 aliphatic heterocycles. The maximum Gasteiger partial charge on any atom is 0.251 e. The summed E-state index contributed by atoms with van der Waals surface area (Å²) in [4.78, 5) is 12.0. The van der Waals surface area contributed by atoms with E-state index < -0.39 is 0 Å². The molecular weight excluding hydrogens is 259 g/mol. The third-order valence-electron chi connectivity index (χ3n) is 3.57. The molecule has 2 atom stereocenters. The van der Waals surface area contributed by atoms with Crippen LogP contribution in [0.1, 0.15) is 10.4 Å². The molecule has 2 fully saturated rings. The zero-order valence-electron chi connectivity index (χ0n) is 9.04. The van der Waals surface area contributed by atoms with Gasteiger partial charge in [-0.1, -0.05) is 23.2 Å². The van der Waals surface area contributed by atoms with Crippen LogP contribution in [0, 0.1) is 11.8 Å². The number of nitrogens with one attached hydrogen (secondary N) is 2. The SMILES string of the molecule is O=C(NC1C2CNCC21)c1ccc(Cl)c(Cl)c1. The van der Waals surface area contributed by atoms with Crippen LogP contribution in [0.4, 0.5) is 0 Å². The first kappa shape index (κ1) is 11.3. The molecule has 0 radical (unpaired) electrons. The van der Waals surface area contributed by atoms with Crippen LogP contribution < -0.4 is 10.6 Å². The van der Waals surface area contributed by atoms with E-state index in [4.69, 9.17) is 23.2 Å². The van der Waals surface area contributed by atoms with Gasteiger partial charge in [0, 0.05) is 24.7 Å². The molecule has 1 aromatic carbocycles. The molecular formula is C12H12Cl2N2O. The van der Waals surface area contributed by atoms with Crippen molar-refractivity contribution in [3.8, 4) is 0 Å². The second-order valence-electron chi connectivity index (χ2n) is 4.61. The summed E-state index contributed by atoms with van der Waals surface area (Å²) in [5, 5.41) is 7.21.